The van der Waals surface area contributed by atoms with Gasteiger partial charge in [0, 0.05) is 24.7 Å². The molecular weight excluding hydrogens is 484 g/mol. The average molecular weight is 515 g/mol. The number of nitrogens with zero attached hydrogens (tertiary/aromatic N) is 5. The van der Waals surface area contributed by atoms with E-state index >= 15 is 0 Å². The topological polar surface area (TPSA) is 111 Å². The van der Waals surface area contributed by atoms with E-state index in [1.54, 1.807) is 25.2 Å². The lowest BCUT2D eigenvalue weighted by Gasteiger charge is -2.30. The Bertz CT molecular complexity index is 1560. The number of rotatable bonds is 11. The van der Waals surface area contributed by atoms with E-state index in [1.165, 1.54) is 0 Å². The molecule has 0 spiro atoms. The fourth-order valence-corrected chi connectivity index (χ4v) is 4.62. The van der Waals surface area contributed by atoms with Gasteiger partial charge in [-0.1, -0.05) is 24.3 Å². The number of aryl methyl sites for hydroxylation is 1. The minimum absolute atomic E-state index is 0.204. The molecule has 3 heterocycles. The van der Waals surface area contributed by atoms with Gasteiger partial charge >= 0.3 is 0 Å². The first-order valence-corrected chi connectivity index (χ1v) is 12.3. The van der Waals surface area contributed by atoms with Crippen molar-refractivity contribution in [3.8, 4) is 5.75 Å². The summed E-state index contributed by atoms with van der Waals surface area (Å²) >= 11 is 0. The van der Waals surface area contributed by atoms with Crippen molar-refractivity contribution in [1.82, 2.24) is 30.1 Å². The van der Waals surface area contributed by atoms with Gasteiger partial charge in [-0.3, -0.25) is 9.69 Å². The Balaban J connectivity index is 1.67. The van der Waals surface area contributed by atoms with Crippen LogP contribution in [0.25, 0.3) is 10.9 Å². The van der Waals surface area contributed by atoms with Crippen molar-refractivity contribution in [2.24, 2.45) is 0 Å². The lowest BCUT2D eigenvalue weighted by molar-refractivity contribution is 0.163. The summed E-state index contributed by atoms with van der Waals surface area (Å²) in [6, 6.07) is 19.0. The van der Waals surface area contributed by atoms with E-state index in [0.29, 0.717) is 37.6 Å². The third kappa shape index (κ3) is 5.51. The van der Waals surface area contributed by atoms with Crippen LogP contribution < -0.4 is 10.3 Å². The Morgan fingerprint density at radius 2 is 1.97 bits per heavy atom. The molecule has 2 aromatic carbocycles. The third-order valence-corrected chi connectivity index (χ3v) is 6.46. The van der Waals surface area contributed by atoms with Crippen molar-refractivity contribution < 1.29 is 13.9 Å². The molecule has 0 aliphatic carbocycles. The number of hydrogen-bond donors (Lipinski definition) is 1. The van der Waals surface area contributed by atoms with Crippen LogP contribution in [-0.4, -0.2) is 50.9 Å². The van der Waals surface area contributed by atoms with E-state index < -0.39 is 6.04 Å². The quantitative estimate of drug-likeness (QED) is 0.283. The Morgan fingerprint density at radius 3 is 2.76 bits per heavy atom. The molecule has 10 heteroatoms. The molecule has 0 amide bonds. The van der Waals surface area contributed by atoms with Crippen LogP contribution in [0.2, 0.25) is 0 Å². The highest BCUT2D eigenvalue weighted by Crippen LogP contribution is 2.31. The number of benzene rings is 2. The van der Waals surface area contributed by atoms with Crippen LogP contribution in [0.3, 0.4) is 0 Å². The first-order chi connectivity index (χ1) is 18.6. The van der Waals surface area contributed by atoms with Crippen LogP contribution in [0.15, 0.2) is 76.1 Å². The molecule has 38 heavy (non-hydrogen) atoms. The van der Waals surface area contributed by atoms with E-state index in [9.17, 15) is 4.79 Å². The molecule has 1 N–H and O–H groups in total. The Hall–Kier alpha value is -4.28. The number of aromatic nitrogens is 5. The summed E-state index contributed by atoms with van der Waals surface area (Å²) in [5.74, 6) is 2.04. The fourth-order valence-electron chi connectivity index (χ4n) is 4.62. The molecule has 0 saturated heterocycles. The molecule has 5 aromatic rings. The highest BCUT2D eigenvalue weighted by atomic mass is 16.5. The maximum Gasteiger partial charge on any atom is 0.253 e. The van der Waals surface area contributed by atoms with Gasteiger partial charge in [-0.25, -0.2) is 4.68 Å². The summed E-state index contributed by atoms with van der Waals surface area (Å²) in [6.45, 7) is 3.75. The lowest BCUT2D eigenvalue weighted by atomic mass is 10.0. The zero-order valence-electron chi connectivity index (χ0n) is 21.6. The molecule has 3 aromatic heterocycles. The van der Waals surface area contributed by atoms with Crippen LogP contribution in [0, 0.1) is 6.92 Å². The van der Waals surface area contributed by atoms with Gasteiger partial charge in [0.1, 0.15) is 17.6 Å². The normalized spacial score (nSPS) is 12.3. The lowest BCUT2D eigenvalue weighted by Crippen LogP contribution is -2.35. The average Bonchev–Trinajstić information content (AvgIpc) is 3.60. The maximum atomic E-state index is 13.6. The molecule has 0 unspecified atom stereocenters. The minimum Gasteiger partial charge on any atom is -0.497 e. The molecule has 0 fully saturated rings. The van der Waals surface area contributed by atoms with Gasteiger partial charge in [0.15, 0.2) is 5.82 Å². The Morgan fingerprint density at radius 1 is 1.08 bits per heavy atom. The summed E-state index contributed by atoms with van der Waals surface area (Å²) < 4.78 is 18.2. The van der Waals surface area contributed by atoms with Crippen molar-refractivity contribution in [3.05, 3.63) is 106 Å². The highest BCUT2D eigenvalue weighted by molar-refractivity contribution is 5.79. The molecule has 0 radical (unpaired) electrons. The van der Waals surface area contributed by atoms with E-state index in [-0.39, 0.29) is 5.56 Å². The highest BCUT2D eigenvalue weighted by Gasteiger charge is 2.31. The van der Waals surface area contributed by atoms with Gasteiger partial charge in [-0.2, -0.15) is 0 Å². The number of fused-ring (bicyclic) bond motifs is 1. The first kappa shape index (κ1) is 25.4. The smallest absolute Gasteiger partial charge is 0.253 e. The van der Waals surface area contributed by atoms with Crippen LogP contribution >= 0.6 is 0 Å². The van der Waals surface area contributed by atoms with Gasteiger partial charge in [0.05, 0.1) is 33.1 Å². The largest absolute Gasteiger partial charge is 0.497 e. The van der Waals surface area contributed by atoms with Crippen molar-refractivity contribution in [2.45, 2.75) is 32.6 Å². The Labute approximate surface area is 219 Å². The summed E-state index contributed by atoms with van der Waals surface area (Å²) in [5, 5.41) is 13.5. The van der Waals surface area contributed by atoms with Gasteiger partial charge in [0.2, 0.25) is 0 Å². The molecular formula is C28H30N6O4. The summed E-state index contributed by atoms with van der Waals surface area (Å²) in [6.07, 6.45) is 1.64. The molecule has 196 valence electrons. The maximum absolute atomic E-state index is 13.6. The van der Waals surface area contributed by atoms with Crippen LogP contribution in [0.5, 0.6) is 5.75 Å². The van der Waals surface area contributed by atoms with Crippen molar-refractivity contribution in [3.63, 3.8) is 0 Å². The number of H-pyrrole nitrogens is 1. The van der Waals surface area contributed by atoms with E-state index in [4.69, 9.17) is 13.9 Å². The van der Waals surface area contributed by atoms with Crippen LogP contribution in [-0.2, 0) is 24.4 Å². The molecule has 0 aliphatic heterocycles. The molecule has 0 saturated carbocycles. The molecule has 5 rings (SSSR count). The third-order valence-electron chi connectivity index (χ3n) is 6.46. The van der Waals surface area contributed by atoms with Crippen molar-refractivity contribution >= 4 is 10.9 Å². The number of hydrogen-bond acceptors (Lipinski definition) is 8. The van der Waals surface area contributed by atoms with E-state index in [1.807, 2.05) is 67.6 Å². The Kier molecular flexibility index (Phi) is 7.62. The SMILES string of the molecule is COCCn1nnnc1[C@H](c1cc2ccc(C)cc2[nH]c1=O)N(Cc1cccc(OC)c1)Cc1ccco1. The molecule has 1 atom stereocenters. The predicted octanol–water partition coefficient (Wildman–Crippen LogP) is 3.86. The van der Waals surface area contributed by atoms with Crippen LogP contribution in [0.4, 0.5) is 0 Å². The molecule has 0 bridgehead atoms. The minimum atomic E-state index is -0.590. The van der Waals surface area contributed by atoms with E-state index in [2.05, 4.69) is 25.4 Å². The second-order valence-corrected chi connectivity index (χ2v) is 9.14. The summed E-state index contributed by atoms with van der Waals surface area (Å²) in [4.78, 5) is 18.8. The van der Waals surface area contributed by atoms with Crippen molar-refractivity contribution in [2.75, 3.05) is 20.8 Å². The zero-order valence-corrected chi connectivity index (χ0v) is 21.6. The number of furan rings is 1. The number of nitrogens with one attached hydrogen (secondary N) is 1. The zero-order chi connectivity index (χ0) is 26.5. The number of pyridine rings is 1. The molecule has 10 nitrogen and oxygen atoms in total. The summed E-state index contributed by atoms with van der Waals surface area (Å²) in [7, 11) is 3.27. The van der Waals surface area contributed by atoms with Gasteiger partial charge in [-0.05, 0) is 70.3 Å². The van der Waals surface area contributed by atoms with Crippen LogP contribution in [0.1, 0.15) is 34.3 Å². The monoisotopic (exact) mass is 514 g/mol. The number of methoxy groups -OCH3 is 2. The number of aromatic amines is 1. The number of tetrazole rings is 1. The van der Waals surface area contributed by atoms with Gasteiger partial charge < -0.3 is 18.9 Å². The van der Waals surface area contributed by atoms with E-state index in [0.717, 1.165) is 33.5 Å². The van der Waals surface area contributed by atoms with Gasteiger partial charge in [-0.15, -0.1) is 5.10 Å². The summed E-state index contributed by atoms with van der Waals surface area (Å²) in [5.41, 5.74) is 3.18. The molecule has 0 aliphatic rings. The van der Waals surface area contributed by atoms with Crippen molar-refractivity contribution in [1.29, 1.82) is 0 Å². The van der Waals surface area contributed by atoms with Gasteiger partial charge in [0.25, 0.3) is 5.56 Å². The second kappa shape index (κ2) is 11.4. The first-order valence-electron chi connectivity index (χ1n) is 12.3. The standard InChI is InChI=1S/C28H30N6O4/c1-19-9-10-21-16-24(28(35)29-25(21)14-19)26(27-30-31-32-34(27)11-13-36-2)33(18-23-8-5-12-38-23)17-20-6-4-7-22(15-20)37-3/h4-10,12,14-16,26H,11,13,17-18H2,1-3H3,(H,29,35)/t26-/m0/s1. The second-order valence-electron chi connectivity index (χ2n) is 9.14. The fraction of sp³-hybridized carbons (Fsp3) is 0.286. The number of ether oxygens (including phenoxy) is 2. The predicted molar refractivity (Wildman–Crippen MR) is 142 cm³/mol.